The molecule has 0 saturated carbocycles. The predicted molar refractivity (Wildman–Crippen MR) is 88.4 cm³/mol. The van der Waals surface area contributed by atoms with E-state index < -0.39 is 0 Å². The minimum Gasteiger partial charge on any atom is -0.381 e. The lowest BCUT2D eigenvalue weighted by molar-refractivity contribution is 0.0485. The van der Waals surface area contributed by atoms with Gasteiger partial charge in [-0.3, -0.25) is 5.32 Å². The van der Waals surface area contributed by atoms with Crippen molar-refractivity contribution in [1.29, 1.82) is 0 Å². The van der Waals surface area contributed by atoms with Gasteiger partial charge in [-0.2, -0.15) is 4.98 Å². The van der Waals surface area contributed by atoms with Crippen molar-refractivity contribution in [1.82, 2.24) is 20.4 Å². The smallest absolute Gasteiger partial charge is 0.244 e. The van der Waals surface area contributed by atoms with E-state index in [9.17, 15) is 0 Å². The zero-order valence-electron chi connectivity index (χ0n) is 13.9. The fourth-order valence-electron chi connectivity index (χ4n) is 2.81. The Kier molecular flexibility index (Phi) is 5.40. The standard InChI is InChI=1S/C16H24N4O2S/c1-10(2)13-8-17-14(23-13)9-18-15(12-4-6-21-7-5-12)16-19-11(3)20-22-16/h8,10,12,15,18H,4-7,9H2,1-3H3/t15-/m1/s1. The van der Waals surface area contributed by atoms with E-state index in [1.165, 1.54) is 4.88 Å². The first-order chi connectivity index (χ1) is 11.1. The minimum absolute atomic E-state index is 0.0616. The largest absolute Gasteiger partial charge is 0.381 e. The molecule has 0 bridgehead atoms. The molecule has 3 rings (SSSR count). The molecule has 0 amide bonds. The van der Waals surface area contributed by atoms with Crippen LogP contribution in [0.25, 0.3) is 0 Å². The number of rotatable bonds is 6. The second-order valence-electron chi connectivity index (χ2n) is 6.30. The summed E-state index contributed by atoms with van der Waals surface area (Å²) in [6.07, 6.45) is 4.00. The van der Waals surface area contributed by atoms with Crippen molar-refractivity contribution in [2.45, 2.75) is 52.1 Å². The van der Waals surface area contributed by atoms with Crippen LogP contribution < -0.4 is 5.32 Å². The third-order valence-corrected chi connectivity index (χ3v) is 5.46. The summed E-state index contributed by atoms with van der Waals surface area (Å²) in [5.41, 5.74) is 0. The van der Waals surface area contributed by atoms with Crippen molar-refractivity contribution in [3.05, 3.63) is 27.8 Å². The quantitative estimate of drug-likeness (QED) is 0.873. The summed E-state index contributed by atoms with van der Waals surface area (Å²) in [6.45, 7) is 8.55. The molecule has 23 heavy (non-hydrogen) atoms. The molecule has 1 saturated heterocycles. The molecule has 3 heterocycles. The Balaban J connectivity index is 1.70. The number of hydrogen-bond donors (Lipinski definition) is 1. The average Bonchev–Trinajstić information content (AvgIpc) is 3.18. The molecule has 1 fully saturated rings. The second-order valence-corrected chi connectivity index (χ2v) is 7.45. The molecule has 2 aromatic rings. The van der Waals surface area contributed by atoms with Crippen LogP contribution in [0.3, 0.4) is 0 Å². The van der Waals surface area contributed by atoms with Crippen LogP contribution in [0, 0.1) is 12.8 Å². The van der Waals surface area contributed by atoms with Crippen LogP contribution in [-0.4, -0.2) is 28.3 Å². The number of aryl methyl sites for hydroxylation is 1. The third kappa shape index (κ3) is 4.16. The third-order valence-electron chi connectivity index (χ3n) is 4.16. The highest BCUT2D eigenvalue weighted by Gasteiger charge is 2.29. The van der Waals surface area contributed by atoms with Crippen molar-refractivity contribution in [3.63, 3.8) is 0 Å². The molecule has 1 aliphatic heterocycles. The predicted octanol–water partition coefficient (Wildman–Crippen LogP) is 3.22. The van der Waals surface area contributed by atoms with Crippen LogP contribution >= 0.6 is 11.3 Å². The summed E-state index contributed by atoms with van der Waals surface area (Å²) < 4.78 is 10.9. The van der Waals surface area contributed by atoms with Gasteiger partial charge >= 0.3 is 0 Å². The maximum absolute atomic E-state index is 5.48. The number of nitrogens with zero attached hydrogens (tertiary/aromatic N) is 3. The maximum atomic E-state index is 5.48. The minimum atomic E-state index is 0.0616. The summed E-state index contributed by atoms with van der Waals surface area (Å²) in [5, 5.41) is 8.63. The van der Waals surface area contributed by atoms with Gasteiger partial charge in [0, 0.05) is 30.8 Å². The van der Waals surface area contributed by atoms with E-state index >= 15 is 0 Å². The fraction of sp³-hybridized carbons (Fsp3) is 0.688. The van der Waals surface area contributed by atoms with E-state index in [-0.39, 0.29) is 6.04 Å². The highest BCUT2D eigenvalue weighted by atomic mass is 32.1. The van der Waals surface area contributed by atoms with E-state index in [4.69, 9.17) is 9.26 Å². The normalized spacial score (nSPS) is 17.7. The van der Waals surface area contributed by atoms with Crippen LogP contribution in [0.1, 0.15) is 60.2 Å². The Hall–Kier alpha value is -1.31. The number of nitrogens with one attached hydrogen (secondary N) is 1. The molecule has 0 spiro atoms. The second kappa shape index (κ2) is 7.51. The number of ether oxygens (including phenoxy) is 1. The van der Waals surface area contributed by atoms with Crippen LogP contribution in [0.15, 0.2) is 10.7 Å². The van der Waals surface area contributed by atoms with Gasteiger partial charge in [0.25, 0.3) is 0 Å². The zero-order valence-corrected chi connectivity index (χ0v) is 14.7. The van der Waals surface area contributed by atoms with Gasteiger partial charge in [0.2, 0.25) is 5.89 Å². The van der Waals surface area contributed by atoms with Gasteiger partial charge in [-0.05, 0) is 31.6 Å². The summed E-state index contributed by atoms with van der Waals surface area (Å²) in [6, 6.07) is 0.0616. The van der Waals surface area contributed by atoms with Crippen LogP contribution in [0.5, 0.6) is 0 Å². The van der Waals surface area contributed by atoms with Gasteiger partial charge in [0.1, 0.15) is 5.01 Å². The van der Waals surface area contributed by atoms with E-state index in [2.05, 4.69) is 34.3 Å². The Morgan fingerprint density at radius 3 is 2.74 bits per heavy atom. The van der Waals surface area contributed by atoms with E-state index in [0.29, 0.717) is 23.6 Å². The Bertz CT molecular complexity index is 619. The molecule has 1 aliphatic rings. The van der Waals surface area contributed by atoms with Crippen molar-refractivity contribution in [2.75, 3.05) is 13.2 Å². The van der Waals surface area contributed by atoms with Gasteiger partial charge in [0.05, 0.1) is 6.04 Å². The van der Waals surface area contributed by atoms with Crippen molar-refractivity contribution in [3.8, 4) is 0 Å². The van der Waals surface area contributed by atoms with Gasteiger partial charge in [0.15, 0.2) is 5.82 Å². The number of thiazole rings is 1. The van der Waals surface area contributed by atoms with Crippen LogP contribution in [0.4, 0.5) is 0 Å². The SMILES string of the molecule is Cc1noc([C@H](NCc2ncc(C(C)C)s2)C2CCOCC2)n1. The first-order valence-corrected chi connectivity index (χ1v) is 9.01. The Labute approximate surface area is 140 Å². The molecule has 126 valence electrons. The monoisotopic (exact) mass is 336 g/mol. The highest BCUT2D eigenvalue weighted by molar-refractivity contribution is 7.11. The Morgan fingerprint density at radius 1 is 1.35 bits per heavy atom. The summed E-state index contributed by atoms with van der Waals surface area (Å²) in [7, 11) is 0. The van der Waals surface area contributed by atoms with Crippen LogP contribution in [-0.2, 0) is 11.3 Å². The first kappa shape index (κ1) is 16.5. The number of hydrogen-bond acceptors (Lipinski definition) is 7. The maximum Gasteiger partial charge on any atom is 0.244 e. The van der Waals surface area contributed by atoms with Crippen molar-refractivity contribution < 1.29 is 9.26 Å². The lowest BCUT2D eigenvalue weighted by atomic mass is 9.91. The molecular weight excluding hydrogens is 312 g/mol. The highest BCUT2D eigenvalue weighted by Crippen LogP contribution is 2.30. The average molecular weight is 336 g/mol. The fourth-order valence-corrected chi connectivity index (χ4v) is 3.69. The number of aromatic nitrogens is 3. The first-order valence-electron chi connectivity index (χ1n) is 8.19. The summed E-state index contributed by atoms with van der Waals surface area (Å²) >= 11 is 1.77. The van der Waals surface area contributed by atoms with E-state index in [1.54, 1.807) is 11.3 Å². The zero-order chi connectivity index (χ0) is 16.2. The molecule has 2 aromatic heterocycles. The molecule has 0 unspecified atom stereocenters. The van der Waals surface area contributed by atoms with Crippen molar-refractivity contribution >= 4 is 11.3 Å². The molecule has 6 nitrogen and oxygen atoms in total. The topological polar surface area (TPSA) is 73.1 Å². The lowest BCUT2D eigenvalue weighted by Crippen LogP contribution is -2.32. The van der Waals surface area contributed by atoms with Gasteiger partial charge in [-0.1, -0.05) is 19.0 Å². The molecular formula is C16H24N4O2S. The Morgan fingerprint density at radius 2 is 2.13 bits per heavy atom. The molecule has 0 aliphatic carbocycles. The lowest BCUT2D eigenvalue weighted by Gasteiger charge is -2.28. The van der Waals surface area contributed by atoms with Gasteiger partial charge in [-0.25, -0.2) is 4.98 Å². The molecule has 0 radical (unpaired) electrons. The van der Waals surface area contributed by atoms with Crippen LogP contribution in [0.2, 0.25) is 0 Å². The van der Waals surface area contributed by atoms with Gasteiger partial charge < -0.3 is 9.26 Å². The summed E-state index contributed by atoms with van der Waals surface area (Å²) in [5.74, 6) is 2.32. The van der Waals surface area contributed by atoms with Gasteiger partial charge in [-0.15, -0.1) is 11.3 Å². The van der Waals surface area contributed by atoms with E-state index in [0.717, 1.165) is 37.6 Å². The molecule has 7 heteroatoms. The van der Waals surface area contributed by atoms with Crippen molar-refractivity contribution in [2.24, 2.45) is 5.92 Å². The summed E-state index contributed by atoms with van der Waals surface area (Å²) in [4.78, 5) is 10.3. The molecule has 1 N–H and O–H groups in total. The molecule has 1 atom stereocenters. The van der Waals surface area contributed by atoms with E-state index in [1.807, 2.05) is 13.1 Å². The molecule has 0 aromatic carbocycles.